The van der Waals surface area contributed by atoms with Gasteiger partial charge in [0.2, 0.25) is 0 Å². The molecular weight excluding hydrogens is 160 g/mol. The molecule has 0 radical (unpaired) electrons. The number of hydrogen-bond donors (Lipinski definition) is 0. The van der Waals surface area contributed by atoms with Crippen LogP contribution in [0.15, 0.2) is 24.3 Å². The van der Waals surface area contributed by atoms with Crippen molar-refractivity contribution in [3.8, 4) is 11.8 Å². The normalized spacial score (nSPS) is 9.08. The Labute approximate surface area is 79.7 Å². The third-order valence-electron chi connectivity index (χ3n) is 1.75. The van der Waals surface area contributed by atoms with Crippen molar-refractivity contribution < 1.29 is 4.74 Å². The summed E-state index contributed by atoms with van der Waals surface area (Å²) >= 11 is 0. The molecule has 0 atom stereocenters. The fourth-order valence-corrected chi connectivity index (χ4v) is 0.998. The van der Waals surface area contributed by atoms with E-state index >= 15 is 0 Å². The topological polar surface area (TPSA) is 9.23 Å². The molecule has 13 heavy (non-hydrogen) atoms. The maximum atomic E-state index is 5.12. The van der Waals surface area contributed by atoms with Crippen LogP contribution in [-0.4, -0.2) is 13.2 Å². The summed E-state index contributed by atoms with van der Waals surface area (Å²) in [5.74, 6) is 6.04. The lowest BCUT2D eigenvalue weighted by Crippen LogP contribution is -1.89. The van der Waals surface area contributed by atoms with Crippen LogP contribution in [0.2, 0.25) is 0 Å². The van der Waals surface area contributed by atoms with E-state index in [-0.39, 0.29) is 0 Å². The van der Waals surface area contributed by atoms with Crippen molar-refractivity contribution in [3.05, 3.63) is 35.4 Å². The zero-order valence-corrected chi connectivity index (χ0v) is 8.13. The van der Waals surface area contributed by atoms with Gasteiger partial charge in [0.05, 0.1) is 0 Å². The third-order valence-corrected chi connectivity index (χ3v) is 1.75. The van der Waals surface area contributed by atoms with E-state index in [0.29, 0.717) is 6.61 Å². The highest BCUT2D eigenvalue weighted by Crippen LogP contribution is 2.03. The number of rotatable bonds is 2. The maximum absolute atomic E-state index is 5.12. The molecule has 0 aliphatic carbocycles. The van der Waals surface area contributed by atoms with Crippen molar-refractivity contribution in [1.29, 1.82) is 0 Å². The quantitative estimate of drug-likeness (QED) is 0.494. The minimum atomic E-state index is 0.519. The van der Waals surface area contributed by atoms with Gasteiger partial charge in [-0.3, -0.25) is 0 Å². The molecular formula is C12H14O. The molecule has 0 unspecified atom stereocenters. The first-order valence-electron chi connectivity index (χ1n) is 4.47. The van der Waals surface area contributed by atoms with Crippen molar-refractivity contribution in [2.75, 3.05) is 13.2 Å². The third kappa shape index (κ3) is 3.31. The molecule has 0 bridgehead atoms. The van der Waals surface area contributed by atoms with Gasteiger partial charge < -0.3 is 4.74 Å². The average molecular weight is 174 g/mol. The second-order valence-electron chi connectivity index (χ2n) is 2.75. The Morgan fingerprint density at radius 3 is 2.77 bits per heavy atom. The Kier molecular flexibility index (Phi) is 4.08. The van der Waals surface area contributed by atoms with Gasteiger partial charge in [0.25, 0.3) is 0 Å². The molecule has 0 aromatic heterocycles. The van der Waals surface area contributed by atoms with Crippen LogP contribution in [0, 0.1) is 18.8 Å². The molecule has 1 nitrogen and oxygen atoms in total. The van der Waals surface area contributed by atoms with Crippen molar-refractivity contribution >= 4 is 0 Å². The Morgan fingerprint density at radius 1 is 1.31 bits per heavy atom. The number of ether oxygens (including phenoxy) is 1. The van der Waals surface area contributed by atoms with Crippen molar-refractivity contribution in [2.45, 2.75) is 13.8 Å². The highest BCUT2D eigenvalue weighted by molar-refractivity contribution is 5.40. The van der Waals surface area contributed by atoms with Crippen LogP contribution < -0.4 is 0 Å². The number of aryl methyl sites for hydroxylation is 1. The van der Waals surface area contributed by atoms with Crippen LogP contribution in [-0.2, 0) is 4.74 Å². The van der Waals surface area contributed by atoms with Gasteiger partial charge in [0.15, 0.2) is 0 Å². The Balaban J connectivity index is 2.61. The highest BCUT2D eigenvalue weighted by Gasteiger charge is 1.89. The minimum Gasteiger partial charge on any atom is -0.369 e. The zero-order valence-electron chi connectivity index (χ0n) is 8.13. The molecule has 1 aromatic rings. The minimum absolute atomic E-state index is 0.519. The van der Waals surface area contributed by atoms with Crippen molar-refractivity contribution in [1.82, 2.24) is 0 Å². The smallest absolute Gasteiger partial charge is 0.108 e. The van der Waals surface area contributed by atoms with Gasteiger partial charge in [-0.25, -0.2) is 0 Å². The summed E-state index contributed by atoms with van der Waals surface area (Å²) < 4.78 is 5.12. The largest absolute Gasteiger partial charge is 0.369 e. The van der Waals surface area contributed by atoms with Gasteiger partial charge >= 0.3 is 0 Å². The molecule has 0 N–H and O–H groups in total. The summed E-state index contributed by atoms with van der Waals surface area (Å²) in [6.07, 6.45) is 0. The molecule has 0 fully saturated rings. The van der Waals surface area contributed by atoms with Gasteiger partial charge in [-0.15, -0.1) is 0 Å². The summed E-state index contributed by atoms with van der Waals surface area (Å²) in [6, 6.07) is 8.10. The lowest BCUT2D eigenvalue weighted by atomic mass is 10.1. The summed E-state index contributed by atoms with van der Waals surface area (Å²) in [5.41, 5.74) is 2.30. The molecule has 0 amide bonds. The molecule has 0 aliphatic rings. The highest BCUT2D eigenvalue weighted by atomic mass is 16.5. The molecule has 0 saturated heterocycles. The predicted molar refractivity (Wildman–Crippen MR) is 54.6 cm³/mol. The molecule has 0 spiro atoms. The van der Waals surface area contributed by atoms with Crippen LogP contribution >= 0.6 is 0 Å². The van der Waals surface area contributed by atoms with Gasteiger partial charge in [-0.2, -0.15) is 0 Å². The average Bonchev–Trinajstić information content (AvgIpc) is 2.15. The van der Waals surface area contributed by atoms with E-state index < -0.39 is 0 Å². The first kappa shape index (κ1) is 9.83. The Morgan fingerprint density at radius 2 is 2.08 bits per heavy atom. The van der Waals surface area contributed by atoms with E-state index in [9.17, 15) is 0 Å². The van der Waals surface area contributed by atoms with Crippen LogP contribution in [0.5, 0.6) is 0 Å². The SMILES string of the molecule is CCOCC#Cc1ccccc1C. The van der Waals surface area contributed by atoms with Gasteiger partial charge in [-0.1, -0.05) is 30.0 Å². The van der Waals surface area contributed by atoms with E-state index in [0.717, 1.165) is 12.2 Å². The van der Waals surface area contributed by atoms with Gasteiger partial charge in [0, 0.05) is 12.2 Å². The fraction of sp³-hybridized carbons (Fsp3) is 0.333. The van der Waals surface area contributed by atoms with Crippen LogP contribution in [0.4, 0.5) is 0 Å². The maximum Gasteiger partial charge on any atom is 0.108 e. The summed E-state index contributed by atoms with van der Waals surface area (Å²) in [4.78, 5) is 0. The van der Waals surface area contributed by atoms with Crippen LogP contribution in [0.1, 0.15) is 18.1 Å². The molecule has 68 valence electrons. The molecule has 1 rings (SSSR count). The molecule has 0 aliphatic heterocycles. The van der Waals surface area contributed by atoms with E-state index in [1.807, 2.05) is 25.1 Å². The van der Waals surface area contributed by atoms with Crippen LogP contribution in [0.3, 0.4) is 0 Å². The first-order valence-corrected chi connectivity index (χ1v) is 4.47. The number of benzene rings is 1. The first-order chi connectivity index (χ1) is 6.34. The Bertz CT molecular complexity index is 317. The summed E-state index contributed by atoms with van der Waals surface area (Å²) in [7, 11) is 0. The van der Waals surface area contributed by atoms with Gasteiger partial charge in [0.1, 0.15) is 6.61 Å². The second-order valence-corrected chi connectivity index (χ2v) is 2.75. The summed E-state index contributed by atoms with van der Waals surface area (Å²) in [6.45, 7) is 5.27. The second kappa shape index (κ2) is 5.40. The predicted octanol–water partition coefficient (Wildman–Crippen LogP) is 2.38. The lowest BCUT2D eigenvalue weighted by Gasteiger charge is -1.95. The lowest BCUT2D eigenvalue weighted by molar-refractivity contribution is 0.182. The van der Waals surface area contributed by atoms with Crippen molar-refractivity contribution in [2.24, 2.45) is 0 Å². The van der Waals surface area contributed by atoms with E-state index in [1.54, 1.807) is 0 Å². The standard InChI is InChI=1S/C12H14O/c1-3-13-10-6-9-12-8-5-4-7-11(12)2/h4-5,7-8H,3,10H2,1-2H3. The molecule has 0 saturated carbocycles. The van der Waals surface area contributed by atoms with E-state index in [2.05, 4.69) is 24.8 Å². The van der Waals surface area contributed by atoms with E-state index in [1.165, 1.54) is 5.56 Å². The van der Waals surface area contributed by atoms with Crippen molar-refractivity contribution in [3.63, 3.8) is 0 Å². The monoisotopic (exact) mass is 174 g/mol. The fourth-order valence-electron chi connectivity index (χ4n) is 0.998. The van der Waals surface area contributed by atoms with Gasteiger partial charge in [-0.05, 0) is 25.5 Å². The number of hydrogen-bond acceptors (Lipinski definition) is 1. The summed E-state index contributed by atoms with van der Waals surface area (Å²) in [5, 5.41) is 0. The molecule has 0 heterocycles. The van der Waals surface area contributed by atoms with Crippen LogP contribution in [0.25, 0.3) is 0 Å². The molecule has 1 heteroatoms. The Hall–Kier alpha value is -1.26. The van der Waals surface area contributed by atoms with E-state index in [4.69, 9.17) is 4.74 Å². The molecule has 1 aromatic carbocycles. The zero-order chi connectivity index (χ0) is 9.52.